The van der Waals surface area contributed by atoms with Gasteiger partial charge >= 0.3 is 0 Å². The number of aromatic nitrogens is 3. The van der Waals surface area contributed by atoms with Crippen LogP contribution in [0.5, 0.6) is 0 Å². The summed E-state index contributed by atoms with van der Waals surface area (Å²) in [6.45, 7) is 8.36. The van der Waals surface area contributed by atoms with Crippen molar-refractivity contribution in [3.63, 3.8) is 0 Å². The molecule has 2 aromatic heterocycles. The summed E-state index contributed by atoms with van der Waals surface area (Å²) in [5.41, 5.74) is 1.54. The number of anilines is 1. The van der Waals surface area contributed by atoms with E-state index in [1.54, 1.807) is 19.3 Å². The van der Waals surface area contributed by atoms with E-state index < -0.39 is 0 Å². The average molecular weight is 375 g/mol. The van der Waals surface area contributed by atoms with Crippen LogP contribution in [0.1, 0.15) is 46.6 Å². The van der Waals surface area contributed by atoms with Crippen molar-refractivity contribution in [3.05, 3.63) is 38.2 Å². The molecule has 1 fully saturated rings. The highest BCUT2D eigenvalue weighted by molar-refractivity contribution is 7.13. The molecule has 0 bridgehead atoms. The van der Waals surface area contributed by atoms with E-state index in [9.17, 15) is 9.59 Å². The second kappa shape index (κ2) is 7.57. The van der Waals surface area contributed by atoms with Crippen LogP contribution in [0.2, 0.25) is 0 Å². The molecular formula is C18H25N5O2S. The summed E-state index contributed by atoms with van der Waals surface area (Å²) in [6, 6.07) is 1.61. The van der Waals surface area contributed by atoms with Crippen LogP contribution in [-0.2, 0) is 7.05 Å². The second-order valence-corrected chi connectivity index (χ2v) is 8.14. The Kier molecular flexibility index (Phi) is 5.41. The van der Waals surface area contributed by atoms with Crippen LogP contribution >= 0.6 is 11.3 Å². The number of hydrogen-bond acceptors (Lipinski definition) is 6. The van der Waals surface area contributed by atoms with E-state index in [2.05, 4.69) is 34.1 Å². The predicted octanol–water partition coefficient (Wildman–Crippen LogP) is 1.92. The van der Waals surface area contributed by atoms with Crippen LogP contribution in [0.3, 0.4) is 0 Å². The third kappa shape index (κ3) is 3.95. The first kappa shape index (κ1) is 18.6. The van der Waals surface area contributed by atoms with Crippen LogP contribution in [0.4, 0.5) is 5.69 Å². The van der Waals surface area contributed by atoms with E-state index in [1.165, 1.54) is 16.0 Å². The van der Waals surface area contributed by atoms with Gasteiger partial charge in [0, 0.05) is 38.7 Å². The van der Waals surface area contributed by atoms with E-state index in [0.717, 1.165) is 35.9 Å². The highest BCUT2D eigenvalue weighted by Crippen LogP contribution is 2.25. The fraction of sp³-hybridized carbons (Fsp3) is 0.556. The summed E-state index contributed by atoms with van der Waals surface area (Å²) in [5, 5.41) is 8.12. The van der Waals surface area contributed by atoms with Crippen LogP contribution in [0.25, 0.3) is 0 Å². The minimum atomic E-state index is -0.110. The largest absolute Gasteiger partial charge is 0.370 e. The highest BCUT2D eigenvalue weighted by atomic mass is 32.1. The zero-order valence-corrected chi connectivity index (χ0v) is 16.5. The maximum atomic E-state index is 12.5. The normalized spacial score (nSPS) is 17.1. The molecule has 0 radical (unpaired) electrons. The molecule has 1 aliphatic rings. The van der Waals surface area contributed by atoms with Gasteiger partial charge in [0.2, 0.25) is 0 Å². The second-order valence-electron chi connectivity index (χ2n) is 7.11. The van der Waals surface area contributed by atoms with Crippen molar-refractivity contribution in [1.82, 2.24) is 20.1 Å². The average Bonchev–Trinajstić information content (AvgIpc) is 3.22. The zero-order valence-electron chi connectivity index (χ0n) is 15.7. The Bertz CT molecular complexity index is 858. The summed E-state index contributed by atoms with van der Waals surface area (Å²) >= 11 is 1.48. The van der Waals surface area contributed by atoms with E-state index in [4.69, 9.17) is 0 Å². The number of aryl methyl sites for hydroxylation is 2. The Morgan fingerprint density at radius 3 is 2.88 bits per heavy atom. The summed E-state index contributed by atoms with van der Waals surface area (Å²) in [7, 11) is 1.64. The maximum absolute atomic E-state index is 12.5. The van der Waals surface area contributed by atoms with Crippen LogP contribution in [-0.4, -0.2) is 40.3 Å². The molecule has 3 heterocycles. The van der Waals surface area contributed by atoms with Crippen molar-refractivity contribution in [2.75, 3.05) is 24.5 Å². The third-order valence-corrected chi connectivity index (χ3v) is 6.13. The van der Waals surface area contributed by atoms with E-state index in [1.807, 2.05) is 6.92 Å². The van der Waals surface area contributed by atoms with Gasteiger partial charge in [-0.15, -0.1) is 11.3 Å². The molecule has 7 nitrogen and oxygen atoms in total. The van der Waals surface area contributed by atoms with Gasteiger partial charge in [-0.1, -0.05) is 13.8 Å². The first-order valence-electron chi connectivity index (χ1n) is 8.89. The fourth-order valence-corrected chi connectivity index (χ4v) is 4.04. The Morgan fingerprint density at radius 1 is 1.46 bits per heavy atom. The van der Waals surface area contributed by atoms with Gasteiger partial charge < -0.3 is 10.2 Å². The summed E-state index contributed by atoms with van der Waals surface area (Å²) in [4.78, 5) is 31.6. The van der Waals surface area contributed by atoms with Gasteiger partial charge in [0.25, 0.3) is 11.5 Å². The number of nitrogens with zero attached hydrogens (tertiary/aromatic N) is 4. The molecule has 1 N–H and O–H groups in total. The third-order valence-electron chi connectivity index (χ3n) is 4.67. The molecule has 3 rings (SSSR count). The van der Waals surface area contributed by atoms with Crippen LogP contribution in [0.15, 0.2) is 17.1 Å². The zero-order chi connectivity index (χ0) is 18.8. The lowest BCUT2D eigenvalue weighted by atomic mass is 10.1. The molecule has 0 spiro atoms. The molecule has 2 aromatic rings. The lowest BCUT2D eigenvalue weighted by Gasteiger charge is -2.18. The van der Waals surface area contributed by atoms with Crippen molar-refractivity contribution < 1.29 is 4.79 Å². The summed E-state index contributed by atoms with van der Waals surface area (Å²) in [6.07, 6.45) is 2.70. The number of thiazole rings is 1. The van der Waals surface area contributed by atoms with E-state index in [-0.39, 0.29) is 11.5 Å². The number of nitrogens with one attached hydrogen (secondary N) is 1. The van der Waals surface area contributed by atoms with E-state index in [0.29, 0.717) is 23.3 Å². The molecule has 0 saturated carbocycles. The monoisotopic (exact) mass is 375 g/mol. The summed E-state index contributed by atoms with van der Waals surface area (Å²) < 4.78 is 1.32. The maximum Gasteiger partial charge on any atom is 0.268 e. The Labute approximate surface area is 157 Å². The first-order chi connectivity index (χ1) is 12.3. The minimum Gasteiger partial charge on any atom is -0.370 e. The van der Waals surface area contributed by atoms with Crippen molar-refractivity contribution in [1.29, 1.82) is 0 Å². The molecule has 26 heavy (non-hydrogen) atoms. The first-order valence-corrected chi connectivity index (χ1v) is 9.70. The molecule has 8 heteroatoms. The fourth-order valence-electron chi connectivity index (χ4n) is 3.06. The Morgan fingerprint density at radius 2 is 2.23 bits per heavy atom. The molecule has 1 amide bonds. The van der Waals surface area contributed by atoms with Crippen LogP contribution in [0, 0.1) is 12.8 Å². The standard InChI is InChI=1S/C18H25N5O2S/c1-11(2)18-21-12(3)16(26-18)17(25)19-8-13-5-6-23(10-13)14-7-15(24)22(4)20-9-14/h7,9,11,13H,5-6,8,10H2,1-4H3,(H,19,25)/t13-/m0/s1. The highest BCUT2D eigenvalue weighted by Gasteiger charge is 2.25. The number of rotatable bonds is 5. The Hall–Kier alpha value is -2.22. The number of hydrogen-bond donors (Lipinski definition) is 1. The molecule has 0 aliphatic carbocycles. The molecule has 1 saturated heterocycles. The molecule has 1 aliphatic heterocycles. The van der Waals surface area contributed by atoms with Gasteiger partial charge in [-0.25, -0.2) is 9.67 Å². The van der Waals surface area contributed by atoms with Gasteiger partial charge in [-0.3, -0.25) is 9.59 Å². The van der Waals surface area contributed by atoms with Crippen molar-refractivity contribution >= 4 is 22.9 Å². The lowest BCUT2D eigenvalue weighted by molar-refractivity contribution is 0.0951. The number of carbonyl (C=O) groups is 1. The van der Waals surface area contributed by atoms with Crippen molar-refractivity contribution in [2.45, 2.75) is 33.1 Å². The summed E-state index contributed by atoms with van der Waals surface area (Å²) in [5.74, 6) is 0.650. The smallest absolute Gasteiger partial charge is 0.268 e. The van der Waals surface area contributed by atoms with Gasteiger partial charge in [0.15, 0.2) is 0 Å². The lowest BCUT2D eigenvalue weighted by Crippen LogP contribution is -2.31. The topological polar surface area (TPSA) is 80.1 Å². The molecule has 0 unspecified atom stereocenters. The van der Waals surface area contributed by atoms with Gasteiger partial charge in [-0.2, -0.15) is 5.10 Å². The van der Waals surface area contributed by atoms with Gasteiger partial charge in [-0.05, 0) is 19.3 Å². The SMILES string of the molecule is Cc1nc(C(C)C)sc1C(=O)NC[C@@H]1CCN(c2cnn(C)c(=O)c2)C1. The molecule has 140 valence electrons. The van der Waals surface area contributed by atoms with Crippen molar-refractivity contribution in [3.8, 4) is 0 Å². The Balaban J connectivity index is 1.56. The van der Waals surface area contributed by atoms with Crippen molar-refractivity contribution in [2.24, 2.45) is 13.0 Å². The van der Waals surface area contributed by atoms with Crippen LogP contribution < -0.4 is 15.8 Å². The molecular weight excluding hydrogens is 350 g/mol. The predicted molar refractivity (Wildman–Crippen MR) is 103 cm³/mol. The van der Waals surface area contributed by atoms with Gasteiger partial charge in [0.1, 0.15) is 4.88 Å². The minimum absolute atomic E-state index is 0.0411. The number of amides is 1. The quantitative estimate of drug-likeness (QED) is 0.864. The molecule has 1 atom stereocenters. The molecule has 0 aromatic carbocycles. The van der Waals surface area contributed by atoms with Gasteiger partial charge in [0.05, 0.1) is 22.6 Å². The van der Waals surface area contributed by atoms with E-state index >= 15 is 0 Å². The number of carbonyl (C=O) groups excluding carboxylic acids is 1.